The third-order valence-electron chi connectivity index (χ3n) is 5.32. The van der Waals surface area contributed by atoms with Crippen LogP contribution >= 0.6 is 0 Å². The number of hydrogen-bond acceptors (Lipinski definition) is 4. The van der Waals surface area contributed by atoms with E-state index in [9.17, 15) is 4.79 Å². The molecule has 1 aromatic carbocycles. The van der Waals surface area contributed by atoms with Gasteiger partial charge in [0.2, 0.25) is 0 Å². The van der Waals surface area contributed by atoms with Gasteiger partial charge in [-0.25, -0.2) is 0 Å². The predicted octanol–water partition coefficient (Wildman–Crippen LogP) is 3.05. The van der Waals surface area contributed by atoms with Gasteiger partial charge in [0.25, 0.3) is 5.91 Å². The first-order valence-corrected chi connectivity index (χ1v) is 9.16. The number of para-hydroxylation sites is 1. The Balaban J connectivity index is 1.68. The smallest absolute Gasteiger partial charge is 0.251 e. The highest BCUT2D eigenvalue weighted by atomic mass is 16.3. The van der Waals surface area contributed by atoms with Crippen molar-refractivity contribution in [2.45, 2.75) is 51.1 Å². The van der Waals surface area contributed by atoms with Crippen LogP contribution in [0.25, 0.3) is 11.0 Å². The van der Waals surface area contributed by atoms with Crippen molar-refractivity contribution < 1.29 is 9.21 Å². The molecule has 1 fully saturated rings. The Hall–Kier alpha value is -2.27. The third-order valence-corrected chi connectivity index (χ3v) is 5.32. The summed E-state index contributed by atoms with van der Waals surface area (Å²) in [5.41, 5.74) is 9.77. The highest BCUT2D eigenvalue weighted by molar-refractivity contribution is 5.99. The van der Waals surface area contributed by atoms with Gasteiger partial charge in [-0.15, -0.1) is 0 Å². The van der Waals surface area contributed by atoms with Gasteiger partial charge in [0.1, 0.15) is 11.3 Å². The van der Waals surface area contributed by atoms with Crippen LogP contribution in [0.4, 0.5) is 0 Å². The van der Waals surface area contributed by atoms with Gasteiger partial charge in [-0.2, -0.15) is 0 Å². The molecule has 1 aromatic heterocycles. The molecule has 1 aliphatic heterocycles. The molecule has 0 radical (unpaired) electrons. The molecular formula is C20H25N3O2. The van der Waals surface area contributed by atoms with Gasteiger partial charge in [-0.05, 0) is 25.8 Å². The van der Waals surface area contributed by atoms with E-state index in [1.54, 1.807) is 0 Å². The van der Waals surface area contributed by atoms with Crippen LogP contribution in [0.15, 0.2) is 40.0 Å². The standard InChI is InChI=1S/C20H25N3O2/c1-12-10-13-6-5-9-15(19(13)25-12)18(21)17-16(11-22-20(17)24)23-14-7-3-2-4-8-14/h5-6,9-10,14,18,23H,2-4,7-8,11,21H2,1H3,(H,22,24). The maximum atomic E-state index is 12.5. The highest BCUT2D eigenvalue weighted by Gasteiger charge is 2.31. The van der Waals surface area contributed by atoms with Gasteiger partial charge in [0.15, 0.2) is 0 Å². The first-order valence-electron chi connectivity index (χ1n) is 9.16. The zero-order valence-corrected chi connectivity index (χ0v) is 14.6. The minimum atomic E-state index is -0.497. The molecule has 1 unspecified atom stereocenters. The zero-order valence-electron chi connectivity index (χ0n) is 14.6. The summed E-state index contributed by atoms with van der Waals surface area (Å²) >= 11 is 0. The molecule has 2 aromatic rings. The summed E-state index contributed by atoms with van der Waals surface area (Å²) in [7, 11) is 0. The Morgan fingerprint density at radius 3 is 2.88 bits per heavy atom. The van der Waals surface area contributed by atoms with Crippen LogP contribution in [0.5, 0.6) is 0 Å². The molecule has 4 rings (SSSR count). The average molecular weight is 339 g/mol. The number of rotatable bonds is 4. The van der Waals surface area contributed by atoms with Crippen LogP contribution < -0.4 is 16.4 Å². The number of furan rings is 1. The molecule has 5 nitrogen and oxygen atoms in total. The van der Waals surface area contributed by atoms with E-state index in [0.717, 1.165) is 40.8 Å². The van der Waals surface area contributed by atoms with Crippen LogP contribution in [0.1, 0.15) is 49.5 Å². The van der Waals surface area contributed by atoms with Crippen LogP contribution in [0.3, 0.4) is 0 Å². The monoisotopic (exact) mass is 339 g/mol. The molecule has 0 spiro atoms. The lowest BCUT2D eigenvalue weighted by Gasteiger charge is -2.25. The van der Waals surface area contributed by atoms with E-state index in [1.165, 1.54) is 19.3 Å². The topological polar surface area (TPSA) is 80.3 Å². The molecule has 1 amide bonds. The fourth-order valence-electron chi connectivity index (χ4n) is 4.06. The Bertz CT molecular complexity index is 831. The summed E-state index contributed by atoms with van der Waals surface area (Å²) in [6, 6.07) is 7.87. The van der Waals surface area contributed by atoms with Gasteiger partial charge >= 0.3 is 0 Å². The van der Waals surface area contributed by atoms with Crippen LogP contribution in [0.2, 0.25) is 0 Å². The minimum absolute atomic E-state index is 0.0777. The van der Waals surface area contributed by atoms with Crippen molar-refractivity contribution in [1.82, 2.24) is 10.6 Å². The lowest BCUT2D eigenvalue weighted by Crippen LogP contribution is -2.33. The van der Waals surface area contributed by atoms with E-state index >= 15 is 0 Å². The first-order chi connectivity index (χ1) is 12.1. The number of carbonyl (C=O) groups excluding carboxylic acids is 1. The van der Waals surface area contributed by atoms with E-state index in [1.807, 2.05) is 31.2 Å². The Morgan fingerprint density at radius 2 is 2.08 bits per heavy atom. The molecule has 2 heterocycles. The zero-order chi connectivity index (χ0) is 17.4. The van der Waals surface area contributed by atoms with Gasteiger partial charge in [-0.3, -0.25) is 4.79 Å². The fraction of sp³-hybridized carbons (Fsp3) is 0.450. The highest BCUT2D eigenvalue weighted by Crippen LogP contribution is 2.32. The fourth-order valence-corrected chi connectivity index (χ4v) is 4.06. The van der Waals surface area contributed by atoms with E-state index in [0.29, 0.717) is 18.2 Å². The summed E-state index contributed by atoms with van der Waals surface area (Å²) in [6.07, 6.45) is 6.12. The second-order valence-corrected chi connectivity index (χ2v) is 7.15. The van der Waals surface area contributed by atoms with E-state index in [2.05, 4.69) is 10.6 Å². The second-order valence-electron chi connectivity index (χ2n) is 7.15. The molecule has 1 atom stereocenters. The Kier molecular flexibility index (Phi) is 4.25. The normalized spacial score (nSPS) is 20.2. The van der Waals surface area contributed by atoms with Crippen LogP contribution in [0, 0.1) is 6.92 Å². The number of fused-ring (bicyclic) bond motifs is 1. The molecule has 4 N–H and O–H groups in total. The van der Waals surface area contributed by atoms with Crippen molar-refractivity contribution in [3.8, 4) is 0 Å². The van der Waals surface area contributed by atoms with Crippen molar-refractivity contribution in [2.24, 2.45) is 5.73 Å². The number of aryl methyl sites for hydroxylation is 1. The lowest BCUT2D eigenvalue weighted by atomic mass is 9.94. The Morgan fingerprint density at radius 1 is 1.28 bits per heavy atom. The van der Waals surface area contributed by atoms with Crippen molar-refractivity contribution in [1.29, 1.82) is 0 Å². The van der Waals surface area contributed by atoms with E-state index < -0.39 is 6.04 Å². The van der Waals surface area contributed by atoms with Crippen molar-refractivity contribution >= 4 is 16.9 Å². The van der Waals surface area contributed by atoms with Gasteiger partial charge in [0.05, 0.1) is 18.2 Å². The number of nitrogens with two attached hydrogens (primary N) is 1. The van der Waals surface area contributed by atoms with Gasteiger partial charge in [-0.1, -0.05) is 37.5 Å². The van der Waals surface area contributed by atoms with Crippen LogP contribution in [-0.2, 0) is 4.79 Å². The number of nitrogens with one attached hydrogen (secondary N) is 2. The molecule has 0 bridgehead atoms. The largest absolute Gasteiger partial charge is 0.461 e. The quantitative estimate of drug-likeness (QED) is 0.800. The summed E-state index contributed by atoms with van der Waals surface area (Å²) in [6.45, 7) is 2.46. The molecule has 5 heteroatoms. The maximum absolute atomic E-state index is 12.5. The number of carbonyl (C=O) groups is 1. The lowest BCUT2D eigenvalue weighted by molar-refractivity contribution is -0.116. The van der Waals surface area contributed by atoms with Crippen LogP contribution in [-0.4, -0.2) is 18.5 Å². The second kappa shape index (κ2) is 6.56. The third kappa shape index (κ3) is 3.04. The number of hydrogen-bond donors (Lipinski definition) is 3. The van der Waals surface area contributed by atoms with Gasteiger partial charge < -0.3 is 20.8 Å². The average Bonchev–Trinajstić information content (AvgIpc) is 3.16. The van der Waals surface area contributed by atoms with Crippen molar-refractivity contribution in [3.05, 3.63) is 46.9 Å². The number of benzene rings is 1. The van der Waals surface area contributed by atoms with Gasteiger partial charge in [0, 0.05) is 22.7 Å². The van der Waals surface area contributed by atoms with E-state index in [4.69, 9.17) is 10.2 Å². The summed E-state index contributed by atoms with van der Waals surface area (Å²) < 4.78 is 5.85. The van der Waals surface area contributed by atoms with Crippen molar-refractivity contribution in [3.63, 3.8) is 0 Å². The maximum Gasteiger partial charge on any atom is 0.251 e. The molecule has 132 valence electrons. The molecule has 2 aliphatic rings. The molecule has 1 aliphatic carbocycles. The summed E-state index contributed by atoms with van der Waals surface area (Å²) in [5, 5.41) is 7.53. The SMILES string of the molecule is Cc1cc2cccc(C(N)C3=C(NC4CCCCC4)CNC3=O)c2o1. The Labute approximate surface area is 147 Å². The minimum Gasteiger partial charge on any atom is -0.461 e. The first kappa shape index (κ1) is 16.2. The molecule has 0 saturated heterocycles. The summed E-state index contributed by atoms with van der Waals surface area (Å²) in [5.74, 6) is 0.770. The molecule has 1 saturated carbocycles. The molecule has 25 heavy (non-hydrogen) atoms. The number of amides is 1. The molecular weight excluding hydrogens is 314 g/mol. The predicted molar refractivity (Wildman–Crippen MR) is 97.9 cm³/mol. The summed E-state index contributed by atoms with van der Waals surface area (Å²) in [4.78, 5) is 12.5. The van der Waals surface area contributed by atoms with E-state index in [-0.39, 0.29) is 5.91 Å². The van der Waals surface area contributed by atoms with Crippen molar-refractivity contribution in [2.75, 3.05) is 6.54 Å².